The quantitative estimate of drug-likeness (QED) is 0.787. The molecule has 0 radical (unpaired) electrons. The number of carbonyl (C=O) groups is 2. The van der Waals surface area contributed by atoms with Gasteiger partial charge in [-0.3, -0.25) is 4.79 Å². The summed E-state index contributed by atoms with van der Waals surface area (Å²) in [6, 6.07) is 3.71. The van der Waals surface area contributed by atoms with Gasteiger partial charge in [-0.25, -0.2) is 4.79 Å². The maximum atomic E-state index is 12.2. The van der Waals surface area contributed by atoms with E-state index in [0.29, 0.717) is 10.8 Å². The van der Waals surface area contributed by atoms with Crippen LogP contribution in [0.25, 0.3) is 0 Å². The molecular formula is C18H27NO3S. The van der Waals surface area contributed by atoms with Gasteiger partial charge in [0.2, 0.25) is 5.91 Å². The highest BCUT2D eigenvalue weighted by Crippen LogP contribution is 2.33. The molecule has 1 amide bonds. The van der Waals surface area contributed by atoms with Gasteiger partial charge in [-0.1, -0.05) is 13.8 Å². The van der Waals surface area contributed by atoms with Crippen molar-refractivity contribution in [3.05, 3.63) is 21.9 Å². The average molecular weight is 337 g/mol. The van der Waals surface area contributed by atoms with Crippen molar-refractivity contribution in [1.29, 1.82) is 0 Å². The molecular weight excluding hydrogens is 310 g/mol. The van der Waals surface area contributed by atoms with E-state index in [1.54, 1.807) is 6.07 Å². The second-order valence-electron chi connectivity index (χ2n) is 7.67. The molecule has 5 heteroatoms. The van der Waals surface area contributed by atoms with Crippen molar-refractivity contribution in [2.75, 3.05) is 0 Å². The Bertz CT molecular complexity index is 567. The molecule has 0 saturated heterocycles. The fourth-order valence-electron chi connectivity index (χ4n) is 2.33. The second kappa shape index (κ2) is 7.04. The Labute approximate surface area is 142 Å². The van der Waals surface area contributed by atoms with E-state index < -0.39 is 5.60 Å². The molecule has 1 aromatic rings. The van der Waals surface area contributed by atoms with Crippen LogP contribution >= 0.6 is 11.3 Å². The minimum absolute atomic E-state index is 0.0238. The van der Waals surface area contributed by atoms with Crippen LogP contribution in [0.3, 0.4) is 0 Å². The molecule has 1 atom stereocenters. The number of hydrogen-bond donors (Lipinski definition) is 1. The smallest absolute Gasteiger partial charge is 0.348 e. The number of nitrogens with one attached hydrogen (secondary N) is 1. The highest BCUT2D eigenvalue weighted by Gasteiger charge is 2.32. The fourth-order valence-corrected chi connectivity index (χ4v) is 3.28. The van der Waals surface area contributed by atoms with Crippen LogP contribution < -0.4 is 5.32 Å². The zero-order chi connectivity index (χ0) is 17.2. The van der Waals surface area contributed by atoms with Crippen LogP contribution in [0.5, 0.6) is 0 Å². The molecule has 0 bridgehead atoms. The topological polar surface area (TPSA) is 55.4 Å². The Balaban J connectivity index is 2.09. The van der Waals surface area contributed by atoms with E-state index in [9.17, 15) is 9.59 Å². The summed E-state index contributed by atoms with van der Waals surface area (Å²) >= 11 is 1.42. The Kier molecular flexibility index (Phi) is 5.50. The van der Waals surface area contributed by atoms with Crippen molar-refractivity contribution in [3.8, 4) is 0 Å². The molecule has 1 heterocycles. The molecule has 1 saturated carbocycles. The third-order valence-electron chi connectivity index (χ3n) is 3.54. The summed E-state index contributed by atoms with van der Waals surface area (Å²) in [5, 5.41) is 3.15. The number of amides is 1. The summed E-state index contributed by atoms with van der Waals surface area (Å²) in [7, 11) is 0. The van der Waals surface area contributed by atoms with Gasteiger partial charge < -0.3 is 10.1 Å². The molecule has 0 aromatic carbocycles. The van der Waals surface area contributed by atoms with Crippen LogP contribution in [0.2, 0.25) is 0 Å². The van der Waals surface area contributed by atoms with Gasteiger partial charge in [0.25, 0.3) is 0 Å². The Hall–Kier alpha value is -1.36. The van der Waals surface area contributed by atoms with Gasteiger partial charge in [0.1, 0.15) is 10.5 Å². The van der Waals surface area contributed by atoms with Crippen molar-refractivity contribution in [1.82, 2.24) is 5.32 Å². The van der Waals surface area contributed by atoms with Gasteiger partial charge in [0.05, 0.1) is 6.04 Å². The Morgan fingerprint density at radius 1 is 1.30 bits per heavy atom. The number of rotatable bonds is 6. The molecule has 0 spiro atoms. The zero-order valence-electron chi connectivity index (χ0n) is 14.6. The minimum Gasteiger partial charge on any atom is -0.456 e. The first kappa shape index (κ1) is 18.0. The lowest BCUT2D eigenvalue weighted by Gasteiger charge is -2.20. The summed E-state index contributed by atoms with van der Waals surface area (Å²) in [6.07, 6.45) is 2.86. The van der Waals surface area contributed by atoms with Gasteiger partial charge in [-0.15, -0.1) is 11.3 Å². The predicted molar refractivity (Wildman–Crippen MR) is 92.6 cm³/mol. The first-order valence-corrected chi connectivity index (χ1v) is 9.11. The van der Waals surface area contributed by atoms with Crippen molar-refractivity contribution in [2.24, 2.45) is 11.8 Å². The predicted octanol–water partition coefficient (Wildman–Crippen LogP) is 4.32. The molecule has 1 N–H and O–H groups in total. The molecule has 1 aromatic heterocycles. The summed E-state index contributed by atoms with van der Waals surface area (Å²) in [6.45, 7) is 9.85. The molecule has 0 unspecified atom stereocenters. The summed E-state index contributed by atoms with van der Waals surface area (Å²) in [5.41, 5.74) is -0.501. The largest absolute Gasteiger partial charge is 0.456 e. The number of esters is 1. The summed E-state index contributed by atoms with van der Waals surface area (Å²) < 4.78 is 5.41. The minimum atomic E-state index is -0.501. The number of carbonyl (C=O) groups excluding carboxylic acids is 2. The molecule has 4 nitrogen and oxygen atoms in total. The van der Waals surface area contributed by atoms with E-state index in [1.807, 2.05) is 26.8 Å². The number of thiophene rings is 1. The monoisotopic (exact) mass is 337 g/mol. The van der Waals surface area contributed by atoms with E-state index in [-0.39, 0.29) is 23.8 Å². The second-order valence-corrected chi connectivity index (χ2v) is 8.78. The normalized spacial score (nSPS) is 16.3. The van der Waals surface area contributed by atoms with Crippen LogP contribution in [0.15, 0.2) is 12.1 Å². The van der Waals surface area contributed by atoms with Gasteiger partial charge in [0.15, 0.2) is 0 Å². The molecule has 1 fully saturated rings. The lowest BCUT2D eigenvalue weighted by molar-refractivity contribution is -0.123. The SMILES string of the molecule is CC(C)C[C@@H](NC(=O)C1CC1)c1ccc(C(=O)OC(C)(C)C)s1. The van der Waals surface area contributed by atoms with Crippen LogP contribution in [-0.4, -0.2) is 17.5 Å². The highest BCUT2D eigenvalue weighted by atomic mass is 32.1. The first-order valence-electron chi connectivity index (χ1n) is 8.29. The van der Waals surface area contributed by atoms with E-state index in [1.165, 1.54) is 11.3 Å². The maximum Gasteiger partial charge on any atom is 0.348 e. The van der Waals surface area contributed by atoms with Crippen LogP contribution in [-0.2, 0) is 9.53 Å². The molecule has 1 aliphatic carbocycles. The molecule has 1 aliphatic rings. The van der Waals surface area contributed by atoms with Crippen LogP contribution in [0.4, 0.5) is 0 Å². The standard InChI is InChI=1S/C18H27NO3S/c1-11(2)10-13(19-16(20)12-6-7-12)14-8-9-15(23-14)17(21)22-18(3,4)5/h8-9,11-13H,6-7,10H2,1-5H3,(H,19,20)/t13-/m1/s1. The Morgan fingerprint density at radius 2 is 1.96 bits per heavy atom. The highest BCUT2D eigenvalue weighted by molar-refractivity contribution is 7.14. The van der Waals surface area contributed by atoms with Crippen molar-refractivity contribution >= 4 is 23.2 Å². The van der Waals surface area contributed by atoms with E-state index in [4.69, 9.17) is 4.74 Å². The average Bonchev–Trinajstić information content (AvgIpc) is 3.12. The number of hydrogen-bond acceptors (Lipinski definition) is 4. The van der Waals surface area contributed by atoms with Crippen molar-refractivity contribution in [3.63, 3.8) is 0 Å². The first-order chi connectivity index (χ1) is 10.7. The van der Waals surface area contributed by atoms with E-state index in [0.717, 1.165) is 24.1 Å². The summed E-state index contributed by atoms with van der Waals surface area (Å²) in [4.78, 5) is 25.9. The molecule has 0 aliphatic heterocycles. The Morgan fingerprint density at radius 3 is 2.48 bits per heavy atom. The van der Waals surface area contributed by atoms with Gasteiger partial charge in [0, 0.05) is 10.8 Å². The zero-order valence-corrected chi connectivity index (χ0v) is 15.5. The molecule has 2 rings (SSSR count). The molecule has 128 valence electrons. The van der Waals surface area contributed by atoms with Gasteiger partial charge in [-0.05, 0) is 58.1 Å². The summed E-state index contributed by atoms with van der Waals surface area (Å²) in [5.74, 6) is 0.495. The third kappa shape index (κ3) is 5.65. The maximum absolute atomic E-state index is 12.2. The number of ether oxygens (including phenoxy) is 1. The fraction of sp³-hybridized carbons (Fsp3) is 0.667. The lowest BCUT2D eigenvalue weighted by Crippen LogP contribution is -2.30. The molecule has 23 heavy (non-hydrogen) atoms. The van der Waals surface area contributed by atoms with Crippen LogP contribution in [0.1, 0.15) is 74.5 Å². The van der Waals surface area contributed by atoms with Crippen LogP contribution in [0, 0.1) is 11.8 Å². The van der Waals surface area contributed by atoms with Gasteiger partial charge in [-0.2, -0.15) is 0 Å². The van der Waals surface area contributed by atoms with Crippen molar-refractivity contribution in [2.45, 2.75) is 65.5 Å². The third-order valence-corrected chi connectivity index (χ3v) is 4.72. The van der Waals surface area contributed by atoms with Crippen molar-refractivity contribution < 1.29 is 14.3 Å². The van der Waals surface area contributed by atoms with E-state index in [2.05, 4.69) is 19.2 Å². The van der Waals surface area contributed by atoms with E-state index >= 15 is 0 Å². The van der Waals surface area contributed by atoms with Gasteiger partial charge >= 0.3 is 5.97 Å². The lowest BCUT2D eigenvalue weighted by atomic mass is 10.0.